The minimum atomic E-state index is -0.611. The van der Waals surface area contributed by atoms with Crippen LogP contribution in [0.5, 0.6) is 0 Å². The van der Waals surface area contributed by atoms with Crippen LogP contribution in [0.25, 0.3) is 6.08 Å². The molecule has 0 saturated heterocycles. The fraction of sp³-hybridized carbons (Fsp3) is 0.235. The summed E-state index contributed by atoms with van der Waals surface area (Å²) in [5.74, 6) is -0.553. The number of anilines is 2. The van der Waals surface area contributed by atoms with Gasteiger partial charge in [-0.15, -0.1) is 0 Å². The predicted octanol–water partition coefficient (Wildman–Crippen LogP) is 2.05. The molecule has 0 unspecified atom stereocenters. The average molecular weight is 407 g/mol. The van der Waals surface area contributed by atoms with Crippen molar-refractivity contribution in [3.05, 3.63) is 61.2 Å². The van der Waals surface area contributed by atoms with Crippen molar-refractivity contribution in [2.24, 2.45) is 0 Å². The molecule has 2 rings (SSSR count). The van der Waals surface area contributed by atoms with E-state index in [1.807, 2.05) is 24.3 Å². The van der Waals surface area contributed by atoms with E-state index in [0.717, 1.165) is 14.6 Å². The molecule has 0 spiro atoms. The number of nitrogens with two attached hydrogens (primary N) is 1. The zero-order chi connectivity index (χ0) is 18.6. The largest absolute Gasteiger partial charge is 0.383 e. The van der Waals surface area contributed by atoms with Gasteiger partial charge in [-0.3, -0.25) is 18.7 Å². The van der Waals surface area contributed by atoms with E-state index < -0.39 is 17.2 Å². The number of benzene rings is 1. The third-order valence-electron chi connectivity index (χ3n) is 3.65. The summed E-state index contributed by atoms with van der Waals surface area (Å²) in [6.07, 6.45) is 2.92. The lowest BCUT2D eigenvalue weighted by molar-refractivity contribution is -0.111. The Labute approximate surface area is 152 Å². The minimum Gasteiger partial charge on any atom is -0.383 e. The van der Waals surface area contributed by atoms with Gasteiger partial charge in [0.05, 0.1) is 0 Å². The summed E-state index contributed by atoms with van der Waals surface area (Å²) in [6, 6.07) is 7.38. The van der Waals surface area contributed by atoms with Crippen LogP contribution in [0.2, 0.25) is 0 Å². The van der Waals surface area contributed by atoms with E-state index in [-0.39, 0.29) is 18.1 Å². The molecule has 0 aliphatic heterocycles. The average Bonchev–Trinajstić information content (AvgIpc) is 2.59. The van der Waals surface area contributed by atoms with Gasteiger partial charge in [0.25, 0.3) is 5.56 Å². The third kappa shape index (κ3) is 4.08. The summed E-state index contributed by atoms with van der Waals surface area (Å²) in [7, 11) is 0. The zero-order valence-electron chi connectivity index (χ0n) is 14.0. The Morgan fingerprint density at radius 1 is 1.16 bits per heavy atom. The summed E-state index contributed by atoms with van der Waals surface area (Å²) in [6.45, 7) is 3.90. The van der Waals surface area contributed by atoms with E-state index in [1.54, 1.807) is 19.9 Å². The Hall–Kier alpha value is -2.61. The van der Waals surface area contributed by atoms with Crippen molar-refractivity contribution < 1.29 is 4.79 Å². The van der Waals surface area contributed by atoms with Gasteiger partial charge in [0.1, 0.15) is 11.5 Å². The number of rotatable bonds is 5. The number of halogens is 1. The van der Waals surface area contributed by atoms with Crippen molar-refractivity contribution >= 4 is 39.4 Å². The number of nitrogen functional groups attached to an aromatic ring is 1. The molecule has 0 aliphatic carbocycles. The SMILES string of the molecule is CCn1c(N)c(NC(=O)/C=C/c2ccc(Br)cc2)c(=O)n(CC)c1=O. The van der Waals surface area contributed by atoms with Crippen LogP contribution in [-0.2, 0) is 17.9 Å². The Morgan fingerprint density at radius 2 is 1.76 bits per heavy atom. The van der Waals surface area contributed by atoms with Crippen LogP contribution >= 0.6 is 15.9 Å². The lowest BCUT2D eigenvalue weighted by atomic mass is 10.2. The Bertz CT molecular complexity index is 927. The Kier molecular flexibility index (Phi) is 5.97. The lowest BCUT2D eigenvalue weighted by Gasteiger charge is -2.14. The monoisotopic (exact) mass is 406 g/mol. The molecule has 0 radical (unpaired) electrons. The molecule has 1 aromatic heterocycles. The van der Waals surface area contributed by atoms with Gasteiger partial charge in [0, 0.05) is 23.6 Å². The first-order valence-corrected chi connectivity index (χ1v) is 8.56. The maximum Gasteiger partial charge on any atom is 0.332 e. The molecule has 1 amide bonds. The Morgan fingerprint density at radius 3 is 2.32 bits per heavy atom. The van der Waals surface area contributed by atoms with Crippen LogP contribution < -0.4 is 22.3 Å². The number of nitrogens with one attached hydrogen (secondary N) is 1. The fourth-order valence-corrected chi connectivity index (χ4v) is 2.59. The van der Waals surface area contributed by atoms with Crippen molar-refractivity contribution in [3.8, 4) is 0 Å². The molecule has 2 aromatic rings. The number of carbonyl (C=O) groups is 1. The lowest BCUT2D eigenvalue weighted by Crippen LogP contribution is -2.42. The van der Waals surface area contributed by atoms with Crippen LogP contribution in [0.1, 0.15) is 19.4 Å². The standard InChI is InChI=1S/C17H19BrN4O3/c1-3-21-15(19)14(16(24)22(4-2)17(21)25)20-13(23)10-7-11-5-8-12(18)9-6-11/h5-10H,3-4,19H2,1-2H3,(H,20,23)/b10-7+. The van der Waals surface area contributed by atoms with Gasteiger partial charge in [-0.2, -0.15) is 0 Å². The number of amides is 1. The smallest absolute Gasteiger partial charge is 0.332 e. The second kappa shape index (κ2) is 7.98. The van der Waals surface area contributed by atoms with Gasteiger partial charge in [0.2, 0.25) is 5.91 Å². The van der Waals surface area contributed by atoms with E-state index in [9.17, 15) is 14.4 Å². The highest BCUT2D eigenvalue weighted by molar-refractivity contribution is 9.10. The van der Waals surface area contributed by atoms with Gasteiger partial charge >= 0.3 is 5.69 Å². The van der Waals surface area contributed by atoms with Crippen molar-refractivity contribution in [2.75, 3.05) is 11.1 Å². The quantitative estimate of drug-likeness (QED) is 0.742. The van der Waals surface area contributed by atoms with Gasteiger partial charge in [0.15, 0.2) is 0 Å². The van der Waals surface area contributed by atoms with E-state index >= 15 is 0 Å². The summed E-state index contributed by atoms with van der Waals surface area (Å²) < 4.78 is 3.22. The van der Waals surface area contributed by atoms with E-state index in [0.29, 0.717) is 6.54 Å². The van der Waals surface area contributed by atoms with Crippen LogP contribution in [0.15, 0.2) is 44.4 Å². The van der Waals surface area contributed by atoms with Crippen LogP contribution in [0.3, 0.4) is 0 Å². The highest BCUT2D eigenvalue weighted by atomic mass is 79.9. The summed E-state index contributed by atoms with van der Waals surface area (Å²) >= 11 is 3.34. The molecule has 8 heteroatoms. The van der Waals surface area contributed by atoms with E-state index in [2.05, 4.69) is 21.2 Å². The molecule has 0 saturated carbocycles. The fourth-order valence-electron chi connectivity index (χ4n) is 2.33. The highest BCUT2D eigenvalue weighted by Crippen LogP contribution is 2.13. The first-order chi connectivity index (χ1) is 11.9. The zero-order valence-corrected chi connectivity index (χ0v) is 15.5. The number of nitrogens with zero attached hydrogens (tertiary/aromatic N) is 2. The van der Waals surface area contributed by atoms with Crippen molar-refractivity contribution in [1.82, 2.24) is 9.13 Å². The molecule has 0 atom stereocenters. The molecule has 1 aromatic carbocycles. The maximum absolute atomic E-state index is 12.4. The molecule has 0 fully saturated rings. The maximum atomic E-state index is 12.4. The second-order valence-electron chi connectivity index (χ2n) is 5.21. The molecular weight excluding hydrogens is 388 g/mol. The molecule has 3 N–H and O–H groups in total. The summed E-state index contributed by atoms with van der Waals surface area (Å²) in [5, 5.41) is 2.48. The molecule has 132 valence electrons. The van der Waals surface area contributed by atoms with Crippen LogP contribution in [-0.4, -0.2) is 15.0 Å². The van der Waals surface area contributed by atoms with Gasteiger partial charge in [-0.25, -0.2) is 4.79 Å². The third-order valence-corrected chi connectivity index (χ3v) is 4.17. The minimum absolute atomic E-state index is 0.0485. The molecule has 1 heterocycles. The second-order valence-corrected chi connectivity index (χ2v) is 6.13. The highest BCUT2D eigenvalue weighted by Gasteiger charge is 2.16. The summed E-state index contributed by atoms with van der Waals surface area (Å²) in [5.41, 5.74) is 5.54. The first-order valence-electron chi connectivity index (χ1n) is 7.76. The van der Waals surface area contributed by atoms with E-state index in [1.165, 1.54) is 10.6 Å². The number of aromatic nitrogens is 2. The Balaban J connectivity index is 2.33. The van der Waals surface area contributed by atoms with Crippen molar-refractivity contribution in [3.63, 3.8) is 0 Å². The molecule has 25 heavy (non-hydrogen) atoms. The topological polar surface area (TPSA) is 99.1 Å². The van der Waals surface area contributed by atoms with Gasteiger partial charge in [-0.1, -0.05) is 28.1 Å². The molecule has 0 aliphatic rings. The molecule has 7 nitrogen and oxygen atoms in total. The number of carbonyl (C=O) groups excluding carboxylic acids is 1. The van der Waals surface area contributed by atoms with Crippen molar-refractivity contribution in [1.29, 1.82) is 0 Å². The van der Waals surface area contributed by atoms with Gasteiger partial charge in [-0.05, 0) is 37.6 Å². The predicted molar refractivity (Wildman–Crippen MR) is 103 cm³/mol. The normalized spacial score (nSPS) is 11.0. The molecular formula is C17H19BrN4O3. The molecule has 0 bridgehead atoms. The van der Waals surface area contributed by atoms with Gasteiger partial charge < -0.3 is 11.1 Å². The van der Waals surface area contributed by atoms with E-state index in [4.69, 9.17) is 5.73 Å². The summed E-state index contributed by atoms with van der Waals surface area (Å²) in [4.78, 5) is 36.7. The number of hydrogen-bond donors (Lipinski definition) is 2. The first kappa shape index (κ1) is 18.7. The van der Waals surface area contributed by atoms with Crippen LogP contribution in [0, 0.1) is 0 Å². The van der Waals surface area contributed by atoms with Crippen LogP contribution in [0.4, 0.5) is 11.5 Å². The van der Waals surface area contributed by atoms with Crippen molar-refractivity contribution in [2.45, 2.75) is 26.9 Å². The number of hydrogen-bond acceptors (Lipinski definition) is 4.